The molecule has 0 saturated heterocycles. The summed E-state index contributed by atoms with van der Waals surface area (Å²) in [5.74, 6) is 0. The van der Waals surface area contributed by atoms with Gasteiger partial charge in [0.25, 0.3) is 0 Å². The van der Waals surface area contributed by atoms with E-state index in [4.69, 9.17) is 17.0 Å². The molecule has 8 aromatic carbocycles. The summed E-state index contributed by atoms with van der Waals surface area (Å²) in [6.07, 6.45) is 4.74. The zero-order valence-electron chi connectivity index (χ0n) is 35.2. The maximum atomic E-state index is 4.93. The number of aryl methyl sites for hydroxylation is 8. The van der Waals surface area contributed by atoms with Crippen molar-refractivity contribution in [3.8, 4) is 33.4 Å². The first-order valence-corrected chi connectivity index (χ1v) is 27.7. The van der Waals surface area contributed by atoms with Gasteiger partial charge in [-0.05, 0) is 65.5 Å². The van der Waals surface area contributed by atoms with Crippen LogP contribution in [0.5, 0.6) is 0 Å². The Morgan fingerprint density at radius 3 is 1.47 bits per heavy atom. The molecular formula is C54H53Cl2SiZr-3. The van der Waals surface area contributed by atoms with Gasteiger partial charge in [0.15, 0.2) is 0 Å². The maximum Gasteiger partial charge on any atom is 0.0920 e. The molecule has 2 radical (unpaired) electrons. The van der Waals surface area contributed by atoms with Crippen molar-refractivity contribution in [2.75, 3.05) is 0 Å². The van der Waals surface area contributed by atoms with E-state index in [0.717, 1.165) is 9.52 Å². The quantitative estimate of drug-likeness (QED) is 0.115. The molecule has 1 aliphatic heterocycles. The molecule has 1 aliphatic rings. The van der Waals surface area contributed by atoms with Crippen molar-refractivity contribution in [2.24, 2.45) is 0 Å². The zero-order valence-corrected chi connectivity index (χ0v) is 40.2. The number of hydrogen-bond donors (Lipinski definition) is 0. The summed E-state index contributed by atoms with van der Waals surface area (Å²) in [5, 5.41) is 8.38. The summed E-state index contributed by atoms with van der Waals surface area (Å²) in [4.78, 5) is 0. The number of fused-ring (bicyclic) bond motifs is 5. The molecule has 9 rings (SSSR count). The largest absolute Gasteiger partial charge is 0.184 e. The number of halogens is 2. The first-order chi connectivity index (χ1) is 28.0. The topological polar surface area (TPSA) is 0 Å². The van der Waals surface area contributed by atoms with Crippen LogP contribution in [0.4, 0.5) is 0 Å². The van der Waals surface area contributed by atoms with Gasteiger partial charge in [-0.2, -0.15) is 41.6 Å². The molecule has 0 aromatic heterocycles. The second-order valence-electron chi connectivity index (χ2n) is 15.7. The van der Waals surface area contributed by atoms with E-state index in [1.807, 2.05) is 6.07 Å². The predicted octanol–water partition coefficient (Wildman–Crippen LogP) is 14.7. The Morgan fingerprint density at radius 2 is 1.00 bits per heavy atom. The van der Waals surface area contributed by atoms with Crippen molar-refractivity contribution in [3.63, 3.8) is 0 Å². The first kappa shape index (κ1) is 43.8. The molecule has 0 spiro atoms. The molecule has 0 aliphatic carbocycles. The monoisotopic (exact) mass is 889 g/mol. The summed E-state index contributed by atoms with van der Waals surface area (Å²) in [7, 11) is 10.7. The van der Waals surface area contributed by atoms with Crippen LogP contribution in [-0.2, 0) is 33.7 Å². The fourth-order valence-electron chi connectivity index (χ4n) is 8.50. The van der Waals surface area contributed by atoms with Crippen molar-refractivity contribution in [3.05, 3.63) is 178 Å². The van der Waals surface area contributed by atoms with Crippen LogP contribution >= 0.6 is 17.0 Å². The van der Waals surface area contributed by atoms with E-state index in [0.29, 0.717) is 0 Å². The summed E-state index contributed by atoms with van der Waals surface area (Å²) in [6, 6.07) is 50.4. The SMILES string of the molecule is CCCc1cc2c(-c3cc(C)cc(C)c3)c(C)ccc2[cH-]1.CCCc1cc2c(-c3cc(C)cc(C)c3)c(C)ccc2[cH-]1.[Cl][Zr][Cl].[c-]1cccc2c1[Si]c1ccccc1-2. The van der Waals surface area contributed by atoms with Crippen LogP contribution in [0.3, 0.4) is 0 Å². The third kappa shape index (κ3) is 10.5. The van der Waals surface area contributed by atoms with Gasteiger partial charge in [-0.3, -0.25) is 0 Å². The van der Waals surface area contributed by atoms with E-state index < -0.39 is 20.8 Å². The molecule has 8 aromatic rings. The van der Waals surface area contributed by atoms with Crippen molar-refractivity contribution < 1.29 is 20.8 Å². The maximum absolute atomic E-state index is 4.93. The number of benzene rings is 6. The van der Waals surface area contributed by atoms with Crippen LogP contribution < -0.4 is 10.4 Å². The molecule has 0 amide bonds. The Morgan fingerprint density at radius 1 is 0.552 bits per heavy atom. The van der Waals surface area contributed by atoms with Gasteiger partial charge in [0.2, 0.25) is 0 Å². The second-order valence-corrected chi connectivity index (χ2v) is 20.7. The van der Waals surface area contributed by atoms with Gasteiger partial charge in [-0.1, -0.05) is 143 Å². The molecule has 0 unspecified atom stereocenters. The van der Waals surface area contributed by atoms with Crippen LogP contribution in [0.1, 0.15) is 71.2 Å². The predicted molar refractivity (Wildman–Crippen MR) is 254 cm³/mol. The summed E-state index contributed by atoms with van der Waals surface area (Å²) in [5.41, 5.74) is 19.3. The molecule has 58 heavy (non-hydrogen) atoms. The molecule has 0 saturated carbocycles. The summed E-state index contributed by atoms with van der Waals surface area (Å²) < 4.78 is 0. The van der Waals surface area contributed by atoms with Gasteiger partial charge in [0.1, 0.15) is 0 Å². The van der Waals surface area contributed by atoms with Gasteiger partial charge in [-0.25, -0.2) is 0 Å². The summed E-state index contributed by atoms with van der Waals surface area (Å²) >= 11 is -0.826. The normalized spacial score (nSPS) is 11.1. The molecule has 294 valence electrons. The molecule has 0 nitrogen and oxygen atoms in total. The third-order valence-corrected chi connectivity index (χ3v) is 12.1. The smallest absolute Gasteiger partial charge is 0.0920 e. The van der Waals surface area contributed by atoms with Gasteiger partial charge < -0.3 is 0 Å². The van der Waals surface area contributed by atoms with Crippen LogP contribution in [0.15, 0.2) is 127 Å². The Kier molecular flexibility index (Phi) is 15.4. The minimum atomic E-state index is -0.826. The summed E-state index contributed by atoms with van der Waals surface area (Å²) in [6.45, 7) is 17.7. The van der Waals surface area contributed by atoms with E-state index in [1.54, 1.807) is 0 Å². The van der Waals surface area contributed by atoms with Gasteiger partial charge >= 0.3 is 37.9 Å². The average molecular weight is 892 g/mol. The van der Waals surface area contributed by atoms with E-state index in [1.165, 1.54) is 135 Å². The van der Waals surface area contributed by atoms with Crippen molar-refractivity contribution in [1.82, 2.24) is 0 Å². The van der Waals surface area contributed by atoms with Crippen molar-refractivity contribution in [1.29, 1.82) is 0 Å². The minimum Gasteiger partial charge on any atom is -0.184 e. The fraction of sp³-hybridized carbons (Fsp3) is 0.222. The van der Waals surface area contributed by atoms with E-state index in [9.17, 15) is 0 Å². The second kappa shape index (κ2) is 20.5. The molecule has 0 atom stereocenters. The van der Waals surface area contributed by atoms with Crippen LogP contribution in [0.2, 0.25) is 0 Å². The van der Waals surface area contributed by atoms with E-state index in [-0.39, 0.29) is 0 Å². The van der Waals surface area contributed by atoms with Crippen LogP contribution in [-0.4, -0.2) is 9.52 Å². The van der Waals surface area contributed by atoms with Gasteiger partial charge in [0, 0.05) is 0 Å². The zero-order chi connectivity index (χ0) is 41.3. The first-order valence-electron chi connectivity index (χ1n) is 20.4. The number of rotatable bonds is 6. The van der Waals surface area contributed by atoms with E-state index >= 15 is 0 Å². The average Bonchev–Trinajstić information content (AvgIpc) is 3.90. The standard InChI is InChI=1S/2C21H23.C12H7Si.2ClH.Zr/c2*1-5-6-17-12-18-8-7-16(4)21(20(18)13-17)19-10-14(2)9-15(3)11-19;1-3-7-11-9(5-1)10-6-2-4-8-12(10)13-11;;;/h2*7-13H,5-6H2,1-4H3;1-7H;2*1H;/q3*-1;;;+2/p-2. The molecule has 0 bridgehead atoms. The number of hydrogen-bond acceptors (Lipinski definition) is 0. The Balaban J connectivity index is 0.000000145. The third-order valence-electron chi connectivity index (χ3n) is 10.7. The molecule has 0 fully saturated rings. The van der Waals surface area contributed by atoms with Crippen LogP contribution in [0, 0.1) is 47.6 Å². The van der Waals surface area contributed by atoms with E-state index in [2.05, 4.69) is 183 Å². The Labute approximate surface area is 368 Å². The van der Waals surface area contributed by atoms with Crippen molar-refractivity contribution >= 4 is 58.5 Å². The van der Waals surface area contributed by atoms with Crippen molar-refractivity contribution in [2.45, 2.75) is 81.1 Å². The van der Waals surface area contributed by atoms with Gasteiger partial charge in [0.05, 0.1) is 9.52 Å². The van der Waals surface area contributed by atoms with Gasteiger partial charge in [-0.15, -0.1) is 74.6 Å². The Hall–Kier alpha value is -3.78. The fourth-order valence-corrected chi connectivity index (χ4v) is 9.81. The minimum absolute atomic E-state index is 0.795. The Bertz CT molecular complexity index is 2420. The van der Waals surface area contributed by atoms with Crippen LogP contribution in [0.25, 0.3) is 54.9 Å². The molecular weight excluding hydrogens is 839 g/mol. The molecule has 1 heterocycles. The molecule has 0 N–H and O–H groups in total. The molecule has 4 heteroatoms.